The third-order valence-corrected chi connectivity index (χ3v) is 9.07. The van der Waals surface area contributed by atoms with Crippen molar-refractivity contribution in [3.8, 4) is 6.07 Å². The van der Waals surface area contributed by atoms with Crippen LogP contribution in [0.4, 0.5) is 5.69 Å². The first-order chi connectivity index (χ1) is 15.3. The van der Waals surface area contributed by atoms with Crippen LogP contribution in [0.5, 0.6) is 0 Å². The van der Waals surface area contributed by atoms with E-state index in [4.69, 9.17) is 4.74 Å². The lowest BCUT2D eigenvalue weighted by Crippen LogP contribution is -2.25. The number of rotatable bonds is 4. The van der Waals surface area contributed by atoms with Gasteiger partial charge in [0, 0.05) is 26.8 Å². The molecule has 0 fully saturated rings. The van der Waals surface area contributed by atoms with E-state index in [9.17, 15) is 5.26 Å². The summed E-state index contributed by atoms with van der Waals surface area (Å²) in [6.45, 7) is 0. The molecule has 0 aliphatic carbocycles. The van der Waals surface area contributed by atoms with E-state index in [0.29, 0.717) is 5.69 Å². The molecular weight excluding hydrogens is 397 g/mol. The fourth-order valence-electron chi connectivity index (χ4n) is 4.01. The number of nitrogens with zero attached hydrogens (tertiary/aromatic N) is 2. The highest BCUT2D eigenvalue weighted by atomic mass is 31.2. The molecule has 0 atom stereocenters. The van der Waals surface area contributed by atoms with E-state index in [-0.39, 0.29) is 0 Å². The molecule has 0 unspecified atom stereocenters. The van der Waals surface area contributed by atoms with Crippen LogP contribution in [0.15, 0.2) is 120 Å². The molecule has 0 saturated heterocycles. The zero-order chi connectivity index (χ0) is 21.1. The summed E-state index contributed by atoms with van der Waals surface area (Å²) >= 11 is 0. The minimum atomic E-state index is -2.43. The summed E-state index contributed by atoms with van der Waals surface area (Å²) in [5, 5.41) is 14.3. The van der Waals surface area contributed by atoms with Gasteiger partial charge < -0.3 is 4.98 Å². The average Bonchev–Trinajstić information content (AvgIpc) is 3.21. The molecule has 0 bridgehead atoms. The topological polar surface area (TPSA) is 51.9 Å². The van der Waals surface area contributed by atoms with Gasteiger partial charge in [-0.2, -0.15) is 5.26 Å². The third kappa shape index (κ3) is 3.28. The maximum atomic E-state index is 9.90. The Labute approximate surface area is 181 Å². The second-order valence-electron chi connectivity index (χ2n) is 7.25. The molecule has 5 rings (SSSR count). The standard InChI is InChI=1S/C27H20N3P/c28-20-26-27(24-18-10-11-19-25(24)29-26)30-31(21-12-4-1-5-13-21,22-14-6-2-7-15-22)23-16-8-3-9-17-23/h1-19,29H. The maximum absolute atomic E-state index is 9.90. The molecular formula is C27H20N3P. The first-order valence-electron chi connectivity index (χ1n) is 10.1. The minimum absolute atomic E-state index is 0.494. The molecule has 1 aromatic heterocycles. The van der Waals surface area contributed by atoms with Crippen molar-refractivity contribution in [1.82, 2.24) is 4.98 Å². The summed E-state index contributed by atoms with van der Waals surface area (Å²) in [5.41, 5.74) is 2.14. The molecule has 1 heterocycles. The Morgan fingerprint density at radius 3 is 1.55 bits per heavy atom. The smallest absolute Gasteiger partial charge is 0.144 e. The molecule has 5 aromatic rings. The van der Waals surface area contributed by atoms with Gasteiger partial charge in [-0.15, -0.1) is 0 Å². The molecule has 0 aliphatic heterocycles. The number of para-hydroxylation sites is 1. The Kier molecular flexibility index (Phi) is 5.00. The quantitative estimate of drug-likeness (QED) is 0.367. The fraction of sp³-hybridized carbons (Fsp3) is 0. The molecule has 4 aromatic carbocycles. The van der Waals surface area contributed by atoms with Crippen molar-refractivity contribution >= 4 is 39.6 Å². The van der Waals surface area contributed by atoms with Crippen LogP contribution in [0.25, 0.3) is 10.9 Å². The first-order valence-corrected chi connectivity index (χ1v) is 11.9. The van der Waals surface area contributed by atoms with Crippen LogP contribution in [-0.4, -0.2) is 4.98 Å². The lowest BCUT2D eigenvalue weighted by molar-refractivity contribution is 1.36. The highest BCUT2D eigenvalue weighted by molar-refractivity contribution is 7.87. The van der Waals surface area contributed by atoms with Crippen LogP contribution >= 0.6 is 7.05 Å². The molecule has 0 aliphatic rings. The van der Waals surface area contributed by atoms with E-state index in [1.54, 1.807) is 0 Å². The van der Waals surface area contributed by atoms with Crippen molar-refractivity contribution in [1.29, 1.82) is 5.26 Å². The van der Waals surface area contributed by atoms with Gasteiger partial charge in [0.1, 0.15) is 17.5 Å². The SMILES string of the molecule is N#Cc1[nH]c2ccccc2c1N=P(c1ccccc1)(c1ccccc1)c1ccccc1. The fourth-order valence-corrected chi connectivity index (χ4v) is 7.57. The third-order valence-electron chi connectivity index (χ3n) is 5.43. The summed E-state index contributed by atoms with van der Waals surface area (Å²) in [6, 6.07) is 41.7. The monoisotopic (exact) mass is 417 g/mol. The van der Waals surface area contributed by atoms with Crippen LogP contribution in [0.3, 0.4) is 0 Å². The highest BCUT2D eigenvalue weighted by Gasteiger charge is 2.28. The molecule has 1 N–H and O–H groups in total. The summed E-state index contributed by atoms with van der Waals surface area (Å²) < 4.78 is 5.52. The molecule has 0 amide bonds. The Morgan fingerprint density at radius 1 is 0.613 bits per heavy atom. The second-order valence-corrected chi connectivity index (χ2v) is 10.3. The van der Waals surface area contributed by atoms with Gasteiger partial charge in [0.15, 0.2) is 0 Å². The first kappa shape index (κ1) is 19.1. The summed E-state index contributed by atoms with van der Waals surface area (Å²) in [5.74, 6) is 0. The summed E-state index contributed by atoms with van der Waals surface area (Å²) in [7, 11) is -2.43. The van der Waals surface area contributed by atoms with Gasteiger partial charge in [-0.25, -0.2) is 0 Å². The van der Waals surface area contributed by atoms with E-state index in [1.807, 2.05) is 42.5 Å². The van der Waals surface area contributed by atoms with E-state index in [1.165, 1.54) is 0 Å². The zero-order valence-corrected chi connectivity index (χ0v) is 17.7. The van der Waals surface area contributed by atoms with E-state index < -0.39 is 7.05 Å². The number of nitriles is 1. The Bertz CT molecular complexity index is 1330. The Morgan fingerprint density at radius 2 is 1.06 bits per heavy atom. The zero-order valence-electron chi connectivity index (χ0n) is 16.8. The number of aromatic amines is 1. The van der Waals surface area contributed by atoms with Gasteiger partial charge in [-0.1, -0.05) is 109 Å². The number of H-pyrrole nitrogens is 1. The van der Waals surface area contributed by atoms with Gasteiger partial charge in [0.05, 0.1) is 7.05 Å². The lowest BCUT2D eigenvalue weighted by Gasteiger charge is -2.26. The number of hydrogen-bond acceptors (Lipinski definition) is 2. The number of benzene rings is 4. The van der Waals surface area contributed by atoms with Gasteiger partial charge in [0.25, 0.3) is 0 Å². The van der Waals surface area contributed by atoms with Gasteiger partial charge >= 0.3 is 0 Å². The average molecular weight is 417 g/mol. The number of fused-ring (bicyclic) bond motifs is 1. The van der Waals surface area contributed by atoms with Crippen LogP contribution in [-0.2, 0) is 0 Å². The molecule has 148 valence electrons. The molecule has 0 saturated carbocycles. The van der Waals surface area contributed by atoms with Crippen molar-refractivity contribution in [3.63, 3.8) is 0 Å². The van der Waals surface area contributed by atoms with Crippen molar-refractivity contribution < 1.29 is 0 Å². The maximum Gasteiger partial charge on any atom is 0.144 e. The Balaban J connectivity index is 1.98. The number of hydrogen-bond donors (Lipinski definition) is 1. The normalized spacial score (nSPS) is 11.2. The predicted octanol–water partition coefficient (Wildman–Crippen LogP) is 5.85. The largest absolute Gasteiger partial charge is 0.344 e. The molecule has 4 heteroatoms. The van der Waals surface area contributed by atoms with E-state index in [2.05, 4.69) is 83.8 Å². The van der Waals surface area contributed by atoms with Gasteiger partial charge in [-0.05, 0) is 6.07 Å². The van der Waals surface area contributed by atoms with E-state index >= 15 is 0 Å². The summed E-state index contributed by atoms with van der Waals surface area (Å²) in [4.78, 5) is 3.25. The predicted molar refractivity (Wildman–Crippen MR) is 130 cm³/mol. The van der Waals surface area contributed by atoms with Gasteiger partial charge in [-0.3, -0.25) is 4.74 Å². The van der Waals surface area contributed by atoms with Crippen molar-refractivity contribution in [2.75, 3.05) is 0 Å². The second kappa shape index (κ2) is 8.11. The van der Waals surface area contributed by atoms with Crippen molar-refractivity contribution in [3.05, 3.63) is 121 Å². The molecule has 0 spiro atoms. The van der Waals surface area contributed by atoms with Crippen molar-refractivity contribution in [2.45, 2.75) is 0 Å². The lowest BCUT2D eigenvalue weighted by atomic mass is 10.2. The number of aromatic nitrogens is 1. The summed E-state index contributed by atoms with van der Waals surface area (Å²) in [6.07, 6.45) is 0. The van der Waals surface area contributed by atoms with Gasteiger partial charge in [0.2, 0.25) is 0 Å². The minimum Gasteiger partial charge on any atom is -0.344 e. The van der Waals surface area contributed by atoms with Crippen LogP contribution in [0.1, 0.15) is 5.69 Å². The van der Waals surface area contributed by atoms with E-state index in [0.717, 1.165) is 32.5 Å². The molecule has 3 nitrogen and oxygen atoms in total. The highest BCUT2D eigenvalue weighted by Crippen LogP contribution is 2.51. The van der Waals surface area contributed by atoms with Crippen LogP contribution in [0.2, 0.25) is 0 Å². The van der Waals surface area contributed by atoms with Crippen LogP contribution in [0, 0.1) is 11.3 Å². The number of nitrogens with one attached hydrogen (secondary N) is 1. The molecule has 0 radical (unpaired) electrons. The Hall–Kier alpha value is -3.86. The van der Waals surface area contributed by atoms with Crippen LogP contribution < -0.4 is 15.9 Å². The van der Waals surface area contributed by atoms with Crippen molar-refractivity contribution in [2.24, 2.45) is 4.74 Å². The molecule has 31 heavy (non-hydrogen) atoms.